The number of alkyl halides is 2. The monoisotopic (exact) mass is 485 g/mol. The van der Waals surface area contributed by atoms with Gasteiger partial charge in [-0.15, -0.1) is 0 Å². The first kappa shape index (κ1) is 26.0. The van der Waals surface area contributed by atoms with Gasteiger partial charge in [0.1, 0.15) is 0 Å². The molecule has 180 valence electrons. The molecule has 0 aromatic heterocycles. The number of carbonyl (C=O) groups is 2. The number of carbonyl (C=O) groups excluding carboxylic acids is 2. The van der Waals surface area contributed by atoms with Gasteiger partial charge in [0.05, 0.1) is 18.0 Å². The lowest BCUT2D eigenvalue weighted by Crippen LogP contribution is -2.45. The van der Waals surface area contributed by atoms with Gasteiger partial charge in [-0.2, -0.15) is 13.5 Å². The van der Waals surface area contributed by atoms with E-state index in [0.29, 0.717) is 17.7 Å². The molecule has 2 amide bonds. The number of amides is 2. The summed E-state index contributed by atoms with van der Waals surface area (Å²) < 4.78 is 61.5. The SMILES string of the molecule is COc1cc(CCNC(=O)[C@H](C)NS(=O)(=O)c2ccc(NC(C)=O)cc2)ccc1OC(F)F. The van der Waals surface area contributed by atoms with Gasteiger partial charge in [0.2, 0.25) is 21.8 Å². The molecule has 0 aliphatic carbocycles. The number of halogens is 2. The van der Waals surface area contributed by atoms with E-state index in [9.17, 15) is 26.8 Å². The normalized spacial score (nSPS) is 12.2. The average molecular weight is 486 g/mol. The Balaban J connectivity index is 1.90. The Bertz CT molecular complexity index is 1080. The Morgan fingerprint density at radius 2 is 1.73 bits per heavy atom. The first-order chi connectivity index (χ1) is 15.5. The van der Waals surface area contributed by atoms with Crippen molar-refractivity contribution in [1.82, 2.24) is 10.0 Å². The van der Waals surface area contributed by atoms with E-state index >= 15 is 0 Å². The summed E-state index contributed by atoms with van der Waals surface area (Å²) in [5.41, 5.74) is 1.14. The van der Waals surface area contributed by atoms with Gasteiger partial charge < -0.3 is 20.1 Å². The summed E-state index contributed by atoms with van der Waals surface area (Å²) in [6.45, 7) is -0.0728. The van der Waals surface area contributed by atoms with Crippen LogP contribution in [0.5, 0.6) is 11.5 Å². The molecule has 2 rings (SSSR count). The average Bonchev–Trinajstić information content (AvgIpc) is 2.73. The molecule has 0 heterocycles. The van der Waals surface area contributed by atoms with Crippen LogP contribution in [0.2, 0.25) is 0 Å². The molecule has 0 saturated heterocycles. The molecule has 9 nitrogen and oxygen atoms in total. The quantitative estimate of drug-likeness (QED) is 0.449. The van der Waals surface area contributed by atoms with Crippen molar-refractivity contribution in [1.29, 1.82) is 0 Å². The van der Waals surface area contributed by atoms with Crippen LogP contribution in [-0.2, 0) is 26.0 Å². The lowest BCUT2D eigenvalue weighted by Gasteiger charge is -2.15. The maximum Gasteiger partial charge on any atom is 0.387 e. The zero-order chi connectivity index (χ0) is 24.6. The summed E-state index contributed by atoms with van der Waals surface area (Å²) in [6.07, 6.45) is 0.348. The van der Waals surface area contributed by atoms with Crippen molar-refractivity contribution in [3.8, 4) is 11.5 Å². The van der Waals surface area contributed by atoms with E-state index in [1.165, 1.54) is 57.4 Å². The van der Waals surface area contributed by atoms with Crippen LogP contribution in [0.15, 0.2) is 47.4 Å². The molecule has 0 fully saturated rings. The van der Waals surface area contributed by atoms with Gasteiger partial charge in [-0.3, -0.25) is 9.59 Å². The molecular weight excluding hydrogens is 460 g/mol. The molecular formula is C21H25F2N3O6S. The van der Waals surface area contributed by atoms with Crippen LogP contribution in [0.4, 0.5) is 14.5 Å². The zero-order valence-electron chi connectivity index (χ0n) is 18.2. The molecule has 12 heteroatoms. The van der Waals surface area contributed by atoms with Crippen LogP contribution in [-0.4, -0.2) is 46.5 Å². The molecule has 2 aromatic rings. The second kappa shape index (κ2) is 11.6. The largest absolute Gasteiger partial charge is 0.493 e. The predicted molar refractivity (Wildman–Crippen MR) is 117 cm³/mol. The minimum Gasteiger partial charge on any atom is -0.493 e. The van der Waals surface area contributed by atoms with Crippen LogP contribution < -0.4 is 24.8 Å². The standard InChI is InChI=1S/C21H25F2N3O6S/c1-13(26-33(29,30)17-7-5-16(6-8-17)25-14(2)27)20(28)24-11-10-15-4-9-18(32-21(22)23)19(12-15)31-3/h4-9,12-13,21,26H,10-11H2,1-3H3,(H,24,28)(H,25,27)/t13-/m0/s1. The smallest absolute Gasteiger partial charge is 0.387 e. The number of benzene rings is 2. The van der Waals surface area contributed by atoms with Crippen molar-refractivity contribution in [3.63, 3.8) is 0 Å². The van der Waals surface area contributed by atoms with E-state index in [4.69, 9.17) is 4.74 Å². The third kappa shape index (κ3) is 7.99. The molecule has 0 aliphatic rings. The lowest BCUT2D eigenvalue weighted by atomic mass is 10.1. The Morgan fingerprint density at radius 1 is 1.06 bits per heavy atom. The summed E-state index contributed by atoms with van der Waals surface area (Å²) >= 11 is 0. The topological polar surface area (TPSA) is 123 Å². The van der Waals surface area contributed by atoms with E-state index in [1.54, 1.807) is 6.07 Å². The van der Waals surface area contributed by atoms with Gasteiger partial charge in [0.15, 0.2) is 11.5 Å². The molecule has 0 bridgehead atoms. The predicted octanol–water partition coefficient (Wildman–Crippen LogP) is 2.28. The van der Waals surface area contributed by atoms with Crippen LogP contribution in [0.25, 0.3) is 0 Å². The second-order valence-corrected chi connectivity index (χ2v) is 8.67. The summed E-state index contributed by atoms with van der Waals surface area (Å²) in [4.78, 5) is 23.3. The fourth-order valence-electron chi connectivity index (χ4n) is 2.82. The van der Waals surface area contributed by atoms with E-state index in [-0.39, 0.29) is 28.8 Å². The van der Waals surface area contributed by atoms with Crippen LogP contribution in [0, 0.1) is 0 Å². The molecule has 3 N–H and O–H groups in total. The van der Waals surface area contributed by atoms with Gasteiger partial charge in [-0.25, -0.2) is 8.42 Å². The molecule has 0 spiro atoms. The first-order valence-electron chi connectivity index (χ1n) is 9.81. The third-order valence-corrected chi connectivity index (χ3v) is 5.92. The summed E-state index contributed by atoms with van der Waals surface area (Å²) in [6, 6.07) is 8.86. The molecule has 0 unspecified atom stereocenters. The van der Waals surface area contributed by atoms with Crippen molar-refractivity contribution < 1.29 is 36.3 Å². The maximum atomic E-state index is 12.5. The zero-order valence-corrected chi connectivity index (χ0v) is 19.0. The highest BCUT2D eigenvalue weighted by molar-refractivity contribution is 7.89. The fraction of sp³-hybridized carbons (Fsp3) is 0.333. The fourth-order valence-corrected chi connectivity index (χ4v) is 4.02. The van der Waals surface area contributed by atoms with E-state index in [2.05, 4.69) is 20.1 Å². The number of methoxy groups -OCH3 is 1. The summed E-state index contributed by atoms with van der Waals surface area (Å²) in [5, 5.41) is 5.15. The maximum absolute atomic E-state index is 12.5. The van der Waals surface area contributed by atoms with Crippen LogP contribution >= 0.6 is 0 Å². The number of hydrogen-bond donors (Lipinski definition) is 3. The van der Waals surface area contributed by atoms with Crippen molar-refractivity contribution in [2.45, 2.75) is 37.8 Å². The number of anilines is 1. The first-order valence-corrected chi connectivity index (χ1v) is 11.3. The molecule has 0 radical (unpaired) electrons. The van der Waals surface area contributed by atoms with Crippen LogP contribution in [0.3, 0.4) is 0 Å². The van der Waals surface area contributed by atoms with Gasteiger partial charge in [0.25, 0.3) is 0 Å². The minimum atomic E-state index is -3.97. The number of nitrogens with one attached hydrogen (secondary N) is 3. The molecule has 0 aliphatic heterocycles. The molecule has 1 atom stereocenters. The van der Waals surface area contributed by atoms with Gasteiger partial charge in [0, 0.05) is 19.2 Å². The van der Waals surface area contributed by atoms with Crippen molar-refractivity contribution in [2.24, 2.45) is 0 Å². The van der Waals surface area contributed by atoms with Crippen LogP contribution in [0.1, 0.15) is 19.4 Å². The molecule has 33 heavy (non-hydrogen) atoms. The highest BCUT2D eigenvalue weighted by atomic mass is 32.2. The third-order valence-electron chi connectivity index (χ3n) is 4.37. The molecule has 0 saturated carbocycles. The van der Waals surface area contributed by atoms with Crippen molar-refractivity contribution in [3.05, 3.63) is 48.0 Å². The van der Waals surface area contributed by atoms with E-state index in [1.807, 2.05) is 0 Å². The second-order valence-electron chi connectivity index (χ2n) is 6.95. The van der Waals surface area contributed by atoms with Gasteiger partial charge >= 0.3 is 6.61 Å². The Labute approximate surface area is 190 Å². The van der Waals surface area contributed by atoms with E-state index < -0.39 is 28.6 Å². The van der Waals surface area contributed by atoms with Gasteiger partial charge in [-0.1, -0.05) is 6.07 Å². The number of rotatable bonds is 11. The Hall–Kier alpha value is -3.25. The highest BCUT2D eigenvalue weighted by Gasteiger charge is 2.22. The number of ether oxygens (including phenoxy) is 2. The van der Waals surface area contributed by atoms with Crippen molar-refractivity contribution in [2.75, 3.05) is 19.0 Å². The summed E-state index contributed by atoms with van der Waals surface area (Å²) in [7, 11) is -2.65. The lowest BCUT2D eigenvalue weighted by molar-refractivity contribution is -0.122. The minimum absolute atomic E-state index is 0.0607. The van der Waals surface area contributed by atoms with Gasteiger partial charge in [-0.05, 0) is 55.3 Å². The number of sulfonamides is 1. The number of hydrogen-bond acceptors (Lipinski definition) is 6. The molecule has 2 aromatic carbocycles. The Morgan fingerprint density at radius 3 is 2.30 bits per heavy atom. The Kier molecular flexibility index (Phi) is 9.12. The van der Waals surface area contributed by atoms with Crippen molar-refractivity contribution >= 4 is 27.5 Å². The highest BCUT2D eigenvalue weighted by Crippen LogP contribution is 2.29. The summed E-state index contributed by atoms with van der Waals surface area (Å²) in [5.74, 6) is -0.804. The van der Waals surface area contributed by atoms with E-state index in [0.717, 1.165) is 0 Å².